The molecule has 0 saturated carbocycles. The van der Waals surface area contributed by atoms with Crippen molar-refractivity contribution in [3.63, 3.8) is 0 Å². The van der Waals surface area contributed by atoms with Crippen LogP contribution < -0.4 is 25.0 Å². The van der Waals surface area contributed by atoms with Crippen molar-refractivity contribution in [2.75, 3.05) is 25.6 Å². The molecule has 0 saturated heterocycles. The quantitative estimate of drug-likeness (QED) is 0.384. The van der Waals surface area contributed by atoms with Gasteiger partial charge < -0.3 is 19.5 Å². The fourth-order valence-electron chi connectivity index (χ4n) is 2.30. The smallest absolute Gasteiger partial charge is 0.329 e. The van der Waals surface area contributed by atoms with Crippen LogP contribution >= 0.6 is 0 Å². The Morgan fingerprint density at radius 3 is 2.41 bits per heavy atom. The maximum Gasteiger partial charge on any atom is 0.329 e. The van der Waals surface area contributed by atoms with E-state index in [-0.39, 0.29) is 0 Å². The van der Waals surface area contributed by atoms with Gasteiger partial charge in [-0.1, -0.05) is 6.92 Å². The van der Waals surface area contributed by atoms with E-state index in [0.717, 1.165) is 6.42 Å². The Morgan fingerprint density at radius 1 is 1.00 bits per heavy atom. The van der Waals surface area contributed by atoms with Crippen molar-refractivity contribution in [3.05, 3.63) is 48.0 Å². The minimum Gasteiger partial charge on any atom is -0.494 e. The molecule has 154 valence electrons. The number of nitrogens with zero attached hydrogens (tertiary/aromatic N) is 1. The summed E-state index contributed by atoms with van der Waals surface area (Å²) in [5.41, 5.74) is 3.34. The van der Waals surface area contributed by atoms with Gasteiger partial charge in [-0.15, -0.1) is 0 Å². The molecule has 0 radical (unpaired) electrons. The molecule has 0 aliphatic carbocycles. The van der Waals surface area contributed by atoms with Gasteiger partial charge in [-0.25, -0.2) is 5.43 Å². The molecule has 0 aromatic heterocycles. The number of ether oxygens (including phenoxy) is 3. The first-order valence-electron chi connectivity index (χ1n) is 9.25. The van der Waals surface area contributed by atoms with Crippen LogP contribution in [0.4, 0.5) is 5.69 Å². The van der Waals surface area contributed by atoms with E-state index in [1.807, 2.05) is 13.8 Å². The molecule has 29 heavy (non-hydrogen) atoms. The van der Waals surface area contributed by atoms with Crippen molar-refractivity contribution in [1.29, 1.82) is 0 Å². The van der Waals surface area contributed by atoms with Crippen LogP contribution in [0.15, 0.2) is 47.6 Å². The molecule has 0 unspecified atom stereocenters. The van der Waals surface area contributed by atoms with E-state index in [9.17, 15) is 9.59 Å². The Labute approximate surface area is 169 Å². The lowest BCUT2D eigenvalue weighted by atomic mass is 10.2. The summed E-state index contributed by atoms with van der Waals surface area (Å²) in [7, 11) is 1.54. The molecule has 2 N–H and O–H groups in total. The van der Waals surface area contributed by atoms with Gasteiger partial charge in [-0.3, -0.25) is 9.59 Å². The molecular weight excluding hydrogens is 374 g/mol. The lowest BCUT2D eigenvalue weighted by Gasteiger charge is -2.09. The van der Waals surface area contributed by atoms with Crippen molar-refractivity contribution in [1.82, 2.24) is 5.43 Å². The molecule has 0 atom stereocenters. The number of carbonyl (C=O) groups is 2. The van der Waals surface area contributed by atoms with E-state index in [1.165, 1.54) is 13.3 Å². The number of anilines is 1. The fraction of sp³-hybridized carbons (Fsp3) is 0.286. The summed E-state index contributed by atoms with van der Waals surface area (Å²) in [6.07, 6.45) is 2.31. The highest BCUT2D eigenvalue weighted by Crippen LogP contribution is 2.27. The van der Waals surface area contributed by atoms with E-state index in [0.29, 0.717) is 41.7 Å². The van der Waals surface area contributed by atoms with Crippen molar-refractivity contribution >= 4 is 23.7 Å². The Hall–Kier alpha value is -3.55. The molecule has 0 bridgehead atoms. The van der Waals surface area contributed by atoms with Crippen LogP contribution in [-0.4, -0.2) is 38.4 Å². The summed E-state index contributed by atoms with van der Waals surface area (Å²) in [5.74, 6) is 0.150. The molecule has 0 spiro atoms. The fourth-order valence-corrected chi connectivity index (χ4v) is 2.30. The van der Waals surface area contributed by atoms with Gasteiger partial charge in [-0.2, -0.15) is 5.10 Å². The third-order valence-electron chi connectivity index (χ3n) is 3.66. The lowest BCUT2D eigenvalue weighted by molar-refractivity contribution is -0.136. The first kappa shape index (κ1) is 21.7. The molecule has 2 rings (SSSR count). The molecule has 2 aromatic rings. The second-order valence-electron chi connectivity index (χ2n) is 5.87. The largest absolute Gasteiger partial charge is 0.494 e. The third-order valence-corrected chi connectivity index (χ3v) is 3.66. The van der Waals surface area contributed by atoms with Gasteiger partial charge in [0.1, 0.15) is 5.75 Å². The van der Waals surface area contributed by atoms with Crippen LogP contribution in [0, 0.1) is 0 Å². The highest BCUT2D eigenvalue weighted by atomic mass is 16.5. The summed E-state index contributed by atoms with van der Waals surface area (Å²) < 4.78 is 16.2. The second kappa shape index (κ2) is 11.3. The lowest BCUT2D eigenvalue weighted by Crippen LogP contribution is -2.32. The Balaban J connectivity index is 1.88. The van der Waals surface area contributed by atoms with Gasteiger partial charge in [0.2, 0.25) is 0 Å². The Kier molecular flexibility index (Phi) is 8.50. The molecule has 0 heterocycles. The number of amides is 2. The van der Waals surface area contributed by atoms with E-state index >= 15 is 0 Å². The minimum absolute atomic E-state index is 0.481. The number of hydrogen-bond donors (Lipinski definition) is 2. The summed E-state index contributed by atoms with van der Waals surface area (Å²) >= 11 is 0. The highest BCUT2D eigenvalue weighted by molar-refractivity contribution is 6.39. The number of hydrogen-bond acceptors (Lipinski definition) is 6. The predicted octanol–water partition coefficient (Wildman–Crippen LogP) is 2.97. The zero-order chi connectivity index (χ0) is 21.1. The first-order valence-corrected chi connectivity index (χ1v) is 9.25. The van der Waals surface area contributed by atoms with Crippen molar-refractivity contribution in [2.24, 2.45) is 5.10 Å². The normalized spacial score (nSPS) is 10.4. The molecule has 2 amide bonds. The maximum absolute atomic E-state index is 12.0. The summed E-state index contributed by atoms with van der Waals surface area (Å²) in [6.45, 7) is 5.03. The molecule has 8 nitrogen and oxygen atoms in total. The first-order chi connectivity index (χ1) is 14.1. The van der Waals surface area contributed by atoms with Gasteiger partial charge in [0.25, 0.3) is 0 Å². The van der Waals surface area contributed by atoms with E-state index in [4.69, 9.17) is 14.2 Å². The molecule has 8 heteroatoms. The van der Waals surface area contributed by atoms with Crippen LogP contribution in [0.5, 0.6) is 17.2 Å². The van der Waals surface area contributed by atoms with E-state index < -0.39 is 11.8 Å². The van der Waals surface area contributed by atoms with Crippen LogP contribution in [0.1, 0.15) is 25.8 Å². The molecule has 2 aromatic carbocycles. The van der Waals surface area contributed by atoms with Crippen molar-refractivity contribution in [2.45, 2.75) is 20.3 Å². The summed E-state index contributed by atoms with van der Waals surface area (Å²) in [4.78, 5) is 23.9. The average molecular weight is 399 g/mol. The third kappa shape index (κ3) is 6.84. The summed E-state index contributed by atoms with van der Waals surface area (Å²) in [6, 6.07) is 12.0. The Morgan fingerprint density at radius 2 is 1.76 bits per heavy atom. The number of rotatable bonds is 9. The van der Waals surface area contributed by atoms with Crippen LogP contribution in [0.2, 0.25) is 0 Å². The zero-order valence-electron chi connectivity index (χ0n) is 16.7. The van der Waals surface area contributed by atoms with E-state index in [1.54, 1.807) is 42.5 Å². The van der Waals surface area contributed by atoms with E-state index in [2.05, 4.69) is 15.8 Å². The van der Waals surface area contributed by atoms with Crippen LogP contribution in [-0.2, 0) is 9.59 Å². The average Bonchev–Trinajstić information content (AvgIpc) is 2.74. The summed E-state index contributed by atoms with van der Waals surface area (Å²) in [5, 5.41) is 6.30. The van der Waals surface area contributed by atoms with Gasteiger partial charge in [0.15, 0.2) is 11.5 Å². The monoisotopic (exact) mass is 399 g/mol. The molecule has 0 fully saturated rings. The Bertz CT molecular complexity index is 850. The predicted molar refractivity (Wildman–Crippen MR) is 111 cm³/mol. The van der Waals surface area contributed by atoms with Gasteiger partial charge >= 0.3 is 11.8 Å². The highest BCUT2D eigenvalue weighted by Gasteiger charge is 2.13. The number of methoxy groups -OCH3 is 1. The molecular formula is C21H25N3O5. The van der Waals surface area contributed by atoms with Crippen LogP contribution in [0.3, 0.4) is 0 Å². The van der Waals surface area contributed by atoms with Crippen molar-refractivity contribution in [3.8, 4) is 17.2 Å². The number of hydrazone groups is 1. The molecule has 0 aliphatic heterocycles. The standard InChI is InChI=1S/C21H25N3O5/c1-4-12-29-17-9-7-16(8-10-17)23-20(25)21(26)24-22-14-15-6-11-18(28-5-2)19(13-15)27-3/h6-11,13-14H,4-5,12H2,1-3H3,(H,23,25)(H,24,26)/b22-14-. The maximum atomic E-state index is 12.0. The molecule has 0 aliphatic rings. The SMILES string of the molecule is CCCOc1ccc(NC(=O)C(=O)N/N=C\c2ccc(OCC)c(OC)c2)cc1. The number of benzene rings is 2. The number of nitrogens with one attached hydrogen (secondary N) is 2. The number of carbonyl (C=O) groups excluding carboxylic acids is 2. The second-order valence-corrected chi connectivity index (χ2v) is 5.87. The van der Waals surface area contributed by atoms with Crippen LogP contribution in [0.25, 0.3) is 0 Å². The van der Waals surface area contributed by atoms with Gasteiger partial charge in [0.05, 0.1) is 26.5 Å². The minimum atomic E-state index is -0.884. The topological polar surface area (TPSA) is 98.2 Å². The van der Waals surface area contributed by atoms with Gasteiger partial charge in [-0.05, 0) is 61.4 Å². The zero-order valence-corrected chi connectivity index (χ0v) is 16.7. The van der Waals surface area contributed by atoms with Gasteiger partial charge in [0, 0.05) is 5.69 Å². The van der Waals surface area contributed by atoms with Crippen molar-refractivity contribution < 1.29 is 23.8 Å².